The van der Waals surface area contributed by atoms with Gasteiger partial charge >= 0.3 is 0 Å². The molecule has 1 aromatic carbocycles. The molecule has 1 fully saturated rings. The first-order chi connectivity index (χ1) is 11.4. The molecular weight excluding hydrogens is 304 g/mol. The summed E-state index contributed by atoms with van der Waals surface area (Å²) in [5.41, 5.74) is 2.91. The largest absolute Gasteiger partial charge is 0.312 e. The highest BCUT2D eigenvalue weighted by atomic mass is 16.2. The Kier molecular flexibility index (Phi) is 4.38. The normalized spacial score (nSPS) is 17.6. The summed E-state index contributed by atoms with van der Waals surface area (Å²) in [5, 5.41) is 9.55. The number of aryl methyl sites for hydroxylation is 1. The Labute approximate surface area is 141 Å². The second-order valence-corrected chi connectivity index (χ2v) is 6.58. The van der Waals surface area contributed by atoms with Crippen molar-refractivity contribution in [2.24, 2.45) is 5.92 Å². The van der Waals surface area contributed by atoms with E-state index in [0.717, 1.165) is 11.4 Å². The van der Waals surface area contributed by atoms with Crippen molar-refractivity contribution in [1.82, 2.24) is 10.2 Å². The van der Waals surface area contributed by atoms with Gasteiger partial charge in [-0.05, 0) is 30.5 Å². The summed E-state index contributed by atoms with van der Waals surface area (Å²) in [6.07, 6.45) is 0.223. The van der Waals surface area contributed by atoms with Crippen LogP contribution in [0, 0.1) is 12.8 Å². The van der Waals surface area contributed by atoms with E-state index in [9.17, 15) is 9.59 Å². The predicted octanol–water partition coefficient (Wildman–Crippen LogP) is 2.83. The lowest BCUT2D eigenvalue weighted by Gasteiger charge is -2.18. The lowest BCUT2D eigenvalue weighted by molar-refractivity contribution is -0.122. The van der Waals surface area contributed by atoms with E-state index >= 15 is 0 Å². The van der Waals surface area contributed by atoms with Crippen LogP contribution in [0.2, 0.25) is 0 Å². The van der Waals surface area contributed by atoms with E-state index < -0.39 is 0 Å². The van der Waals surface area contributed by atoms with Crippen LogP contribution in [0.4, 0.5) is 11.5 Å². The first kappa shape index (κ1) is 16.2. The Hall–Kier alpha value is -2.63. The number of H-pyrrole nitrogens is 1. The molecule has 1 unspecified atom stereocenters. The quantitative estimate of drug-likeness (QED) is 0.907. The molecule has 0 radical (unpaired) electrons. The van der Waals surface area contributed by atoms with Crippen molar-refractivity contribution < 1.29 is 9.59 Å². The molecule has 0 aliphatic carbocycles. The molecule has 2 amide bonds. The lowest BCUT2D eigenvalue weighted by Crippen LogP contribution is -2.28. The molecule has 0 saturated carbocycles. The van der Waals surface area contributed by atoms with Crippen molar-refractivity contribution in [2.75, 3.05) is 16.8 Å². The fourth-order valence-corrected chi connectivity index (χ4v) is 2.89. The topological polar surface area (TPSA) is 78.1 Å². The number of aromatic nitrogens is 2. The number of benzene rings is 1. The molecule has 2 heterocycles. The maximum Gasteiger partial charge on any atom is 0.231 e. The third-order valence-electron chi connectivity index (χ3n) is 4.30. The zero-order valence-electron chi connectivity index (χ0n) is 14.2. The molecule has 0 spiro atoms. The van der Waals surface area contributed by atoms with Gasteiger partial charge in [-0.1, -0.05) is 26.0 Å². The van der Waals surface area contributed by atoms with E-state index in [2.05, 4.69) is 35.4 Å². The number of hydrogen-bond donors (Lipinski definition) is 2. The number of carbonyl (C=O) groups excluding carboxylic acids is 2. The number of carbonyl (C=O) groups is 2. The van der Waals surface area contributed by atoms with Crippen molar-refractivity contribution in [1.29, 1.82) is 0 Å². The van der Waals surface area contributed by atoms with Gasteiger partial charge in [0.2, 0.25) is 11.8 Å². The summed E-state index contributed by atoms with van der Waals surface area (Å²) in [4.78, 5) is 26.4. The number of hydrogen-bond acceptors (Lipinski definition) is 3. The minimum atomic E-state index is -0.364. The van der Waals surface area contributed by atoms with Crippen LogP contribution in [-0.4, -0.2) is 28.6 Å². The number of anilines is 2. The molecule has 3 rings (SSSR count). The van der Waals surface area contributed by atoms with Gasteiger partial charge in [0.1, 0.15) is 0 Å². The molecule has 2 aromatic rings. The monoisotopic (exact) mass is 326 g/mol. The predicted molar refractivity (Wildman–Crippen MR) is 92.9 cm³/mol. The Morgan fingerprint density at radius 1 is 1.38 bits per heavy atom. The summed E-state index contributed by atoms with van der Waals surface area (Å²) < 4.78 is 0. The van der Waals surface area contributed by atoms with Crippen LogP contribution < -0.4 is 10.2 Å². The Bertz CT molecular complexity index is 766. The standard InChI is InChI=1S/C18H22N4O2/c1-11(2)13-5-4-6-15(8-13)22-10-14(9-17(22)23)18(24)19-16-7-12(3)20-21-16/h4-8,11,14H,9-10H2,1-3H3,(H2,19,20,21,24). The number of nitrogens with zero attached hydrogens (tertiary/aromatic N) is 2. The second-order valence-electron chi connectivity index (χ2n) is 6.58. The molecule has 1 saturated heterocycles. The third-order valence-corrected chi connectivity index (χ3v) is 4.30. The van der Waals surface area contributed by atoms with Crippen LogP contribution in [0.3, 0.4) is 0 Å². The fraction of sp³-hybridized carbons (Fsp3) is 0.389. The average Bonchev–Trinajstić information content (AvgIpc) is 3.13. The zero-order chi connectivity index (χ0) is 17.3. The van der Waals surface area contributed by atoms with E-state index in [-0.39, 0.29) is 24.2 Å². The zero-order valence-corrected chi connectivity index (χ0v) is 14.2. The smallest absolute Gasteiger partial charge is 0.231 e. The van der Waals surface area contributed by atoms with Crippen molar-refractivity contribution in [3.8, 4) is 0 Å². The molecule has 2 N–H and O–H groups in total. The van der Waals surface area contributed by atoms with Crippen molar-refractivity contribution in [3.05, 3.63) is 41.6 Å². The van der Waals surface area contributed by atoms with E-state index in [4.69, 9.17) is 0 Å². The Morgan fingerprint density at radius 3 is 2.83 bits per heavy atom. The van der Waals surface area contributed by atoms with Gasteiger partial charge in [0, 0.05) is 30.4 Å². The van der Waals surface area contributed by atoms with Crippen LogP contribution >= 0.6 is 0 Å². The van der Waals surface area contributed by atoms with Crippen LogP contribution in [0.1, 0.15) is 37.4 Å². The second kappa shape index (κ2) is 6.47. The molecule has 6 nitrogen and oxygen atoms in total. The molecule has 0 bridgehead atoms. The van der Waals surface area contributed by atoms with Crippen molar-refractivity contribution >= 4 is 23.3 Å². The first-order valence-electron chi connectivity index (χ1n) is 8.17. The van der Waals surface area contributed by atoms with Gasteiger partial charge in [-0.2, -0.15) is 5.10 Å². The molecule has 126 valence electrons. The van der Waals surface area contributed by atoms with Crippen molar-refractivity contribution in [2.45, 2.75) is 33.1 Å². The van der Waals surface area contributed by atoms with Crippen LogP contribution in [-0.2, 0) is 9.59 Å². The number of rotatable bonds is 4. The maximum atomic E-state index is 12.4. The molecule has 24 heavy (non-hydrogen) atoms. The van der Waals surface area contributed by atoms with Gasteiger partial charge in [-0.15, -0.1) is 0 Å². The molecule has 6 heteroatoms. The van der Waals surface area contributed by atoms with Crippen LogP contribution in [0.15, 0.2) is 30.3 Å². The van der Waals surface area contributed by atoms with Crippen LogP contribution in [0.25, 0.3) is 0 Å². The molecule has 1 aliphatic rings. The molecule has 1 atom stereocenters. The highest BCUT2D eigenvalue weighted by Gasteiger charge is 2.35. The van der Waals surface area contributed by atoms with Gasteiger partial charge < -0.3 is 10.2 Å². The van der Waals surface area contributed by atoms with E-state index in [0.29, 0.717) is 18.3 Å². The minimum absolute atomic E-state index is 0.0192. The van der Waals surface area contributed by atoms with Gasteiger partial charge in [0.25, 0.3) is 0 Å². The summed E-state index contributed by atoms with van der Waals surface area (Å²) in [7, 11) is 0. The first-order valence-corrected chi connectivity index (χ1v) is 8.17. The van der Waals surface area contributed by atoms with E-state index in [1.165, 1.54) is 5.56 Å². The number of amides is 2. The van der Waals surface area contributed by atoms with E-state index in [1.807, 2.05) is 25.1 Å². The maximum absolute atomic E-state index is 12.4. The van der Waals surface area contributed by atoms with E-state index in [1.54, 1.807) is 11.0 Å². The summed E-state index contributed by atoms with van der Waals surface area (Å²) >= 11 is 0. The van der Waals surface area contributed by atoms with Gasteiger partial charge in [-0.3, -0.25) is 14.7 Å². The third kappa shape index (κ3) is 3.32. The highest BCUT2D eigenvalue weighted by Crippen LogP contribution is 2.28. The van der Waals surface area contributed by atoms with Gasteiger partial charge in [0.15, 0.2) is 5.82 Å². The average molecular weight is 326 g/mol. The summed E-state index contributed by atoms with van der Waals surface area (Å²) in [6.45, 7) is 6.50. The minimum Gasteiger partial charge on any atom is -0.312 e. The Morgan fingerprint density at radius 2 is 2.17 bits per heavy atom. The fourth-order valence-electron chi connectivity index (χ4n) is 2.89. The van der Waals surface area contributed by atoms with Gasteiger partial charge in [0.05, 0.1) is 5.92 Å². The molecule has 1 aliphatic heterocycles. The van der Waals surface area contributed by atoms with Crippen LogP contribution in [0.5, 0.6) is 0 Å². The summed E-state index contributed by atoms with van der Waals surface area (Å²) in [5.74, 6) is 0.332. The lowest BCUT2D eigenvalue weighted by atomic mass is 10.0. The van der Waals surface area contributed by atoms with Gasteiger partial charge in [-0.25, -0.2) is 0 Å². The Balaban J connectivity index is 1.71. The molecular formula is C18H22N4O2. The number of nitrogens with one attached hydrogen (secondary N) is 2. The molecule has 1 aromatic heterocycles. The SMILES string of the molecule is Cc1cc(NC(=O)C2CC(=O)N(c3cccc(C(C)C)c3)C2)n[nH]1. The number of aromatic amines is 1. The van der Waals surface area contributed by atoms with Crippen molar-refractivity contribution in [3.63, 3.8) is 0 Å². The highest BCUT2D eigenvalue weighted by molar-refractivity contribution is 6.03. The summed E-state index contributed by atoms with van der Waals surface area (Å²) in [6, 6.07) is 9.72.